The van der Waals surface area contributed by atoms with Gasteiger partial charge in [0.15, 0.2) is 0 Å². The Labute approximate surface area is 174 Å². The summed E-state index contributed by atoms with van der Waals surface area (Å²) in [5.41, 5.74) is 0.666. The second-order valence-electron chi connectivity index (χ2n) is 7.92. The third kappa shape index (κ3) is 6.19. The lowest BCUT2D eigenvalue weighted by Crippen LogP contribution is -2.49. The number of aromatic nitrogens is 1. The van der Waals surface area contributed by atoms with E-state index < -0.39 is 0 Å². The van der Waals surface area contributed by atoms with Crippen molar-refractivity contribution in [2.24, 2.45) is 5.92 Å². The Bertz CT molecular complexity index is 608. The number of nitrogens with zero attached hydrogens (tertiary/aromatic N) is 2. The quantitative estimate of drug-likeness (QED) is 0.663. The summed E-state index contributed by atoms with van der Waals surface area (Å²) in [5.74, 6) is 1.53. The molecule has 2 aliphatic rings. The largest absolute Gasteiger partial charge is 0.377 e. The average molecular weight is 406 g/mol. The first kappa shape index (κ1) is 21.6. The highest BCUT2D eigenvalue weighted by molar-refractivity contribution is 7.99. The molecule has 1 saturated heterocycles. The number of rotatable bonds is 8. The Morgan fingerprint density at radius 3 is 2.86 bits per heavy atom. The van der Waals surface area contributed by atoms with Gasteiger partial charge in [0.25, 0.3) is 5.91 Å². The summed E-state index contributed by atoms with van der Waals surface area (Å²) in [6.45, 7) is 8.23. The van der Waals surface area contributed by atoms with Gasteiger partial charge in [-0.25, -0.2) is 4.98 Å². The Balaban J connectivity index is 1.56. The fraction of sp³-hybridized carbons (Fsp3) is 0.727. The maximum absolute atomic E-state index is 12.8. The molecule has 0 aromatic carbocycles. The Hall–Kier alpha value is -1.11. The number of likely N-dealkylation sites (tertiary alicyclic amines) is 1. The molecule has 1 aromatic heterocycles. The number of amides is 1. The lowest BCUT2D eigenvalue weighted by atomic mass is 9.83. The van der Waals surface area contributed by atoms with Gasteiger partial charge in [-0.2, -0.15) is 0 Å². The summed E-state index contributed by atoms with van der Waals surface area (Å²) in [4.78, 5) is 19.7. The number of hydrogen-bond acceptors (Lipinski definition) is 5. The third-order valence-corrected chi connectivity index (χ3v) is 6.70. The zero-order chi connectivity index (χ0) is 19.8. The Morgan fingerprint density at radius 1 is 1.25 bits per heavy atom. The number of piperidine rings is 1. The van der Waals surface area contributed by atoms with Crippen LogP contribution in [0.1, 0.15) is 62.7 Å². The van der Waals surface area contributed by atoms with Crippen LogP contribution < -0.4 is 5.32 Å². The highest BCUT2D eigenvalue weighted by Gasteiger charge is 2.30. The van der Waals surface area contributed by atoms with Crippen LogP contribution in [0.25, 0.3) is 0 Å². The number of ether oxygens (including phenoxy) is 1. The average Bonchev–Trinajstić information content (AvgIpc) is 2.71. The van der Waals surface area contributed by atoms with Gasteiger partial charge in [-0.15, -0.1) is 11.8 Å². The molecule has 0 unspecified atom stereocenters. The molecule has 2 heterocycles. The number of nitrogens with one attached hydrogen (secondary N) is 1. The van der Waals surface area contributed by atoms with E-state index in [-0.39, 0.29) is 11.9 Å². The Kier molecular flexibility index (Phi) is 8.62. The van der Waals surface area contributed by atoms with E-state index in [0.29, 0.717) is 17.6 Å². The highest BCUT2D eigenvalue weighted by atomic mass is 32.2. The van der Waals surface area contributed by atoms with Crippen molar-refractivity contribution in [1.29, 1.82) is 0 Å². The van der Waals surface area contributed by atoms with E-state index in [2.05, 4.69) is 29.0 Å². The van der Waals surface area contributed by atoms with E-state index in [4.69, 9.17) is 4.74 Å². The van der Waals surface area contributed by atoms with Gasteiger partial charge in [0.1, 0.15) is 0 Å². The summed E-state index contributed by atoms with van der Waals surface area (Å²) < 4.78 is 5.86. The van der Waals surface area contributed by atoms with E-state index >= 15 is 0 Å². The second kappa shape index (κ2) is 11.2. The van der Waals surface area contributed by atoms with Crippen LogP contribution in [0.4, 0.5) is 0 Å². The molecule has 6 heteroatoms. The molecule has 28 heavy (non-hydrogen) atoms. The first-order chi connectivity index (χ1) is 13.7. The van der Waals surface area contributed by atoms with Crippen LogP contribution in [0.2, 0.25) is 0 Å². The van der Waals surface area contributed by atoms with Gasteiger partial charge >= 0.3 is 0 Å². The van der Waals surface area contributed by atoms with E-state index in [0.717, 1.165) is 43.4 Å². The monoisotopic (exact) mass is 405 g/mol. The fourth-order valence-electron chi connectivity index (χ4n) is 4.50. The van der Waals surface area contributed by atoms with Gasteiger partial charge in [-0.1, -0.05) is 19.8 Å². The molecule has 3 rings (SSSR count). The van der Waals surface area contributed by atoms with Crippen LogP contribution in [-0.2, 0) is 4.74 Å². The van der Waals surface area contributed by atoms with E-state index in [1.807, 2.05) is 12.1 Å². The maximum atomic E-state index is 12.8. The molecule has 156 valence electrons. The molecule has 3 atom stereocenters. The fourth-order valence-corrected chi connectivity index (χ4v) is 5.09. The summed E-state index contributed by atoms with van der Waals surface area (Å²) in [5, 5.41) is 4.29. The lowest BCUT2D eigenvalue weighted by Gasteiger charge is -2.39. The molecule has 1 aliphatic carbocycles. The van der Waals surface area contributed by atoms with Gasteiger partial charge < -0.3 is 15.0 Å². The zero-order valence-corrected chi connectivity index (χ0v) is 18.2. The smallest absolute Gasteiger partial charge is 0.253 e. The summed E-state index contributed by atoms with van der Waals surface area (Å²) in [7, 11) is 0. The molecule has 1 aromatic rings. The predicted molar refractivity (Wildman–Crippen MR) is 115 cm³/mol. The molecule has 1 aliphatic heterocycles. The van der Waals surface area contributed by atoms with Crippen LogP contribution in [0, 0.1) is 5.92 Å². The van der Waals surface area contributed by atoms with Gasteiger partial charge in [0.2, 0.25) is 0 Å². The van der Waals surface area contributed by atoms with Gasteiger partial charge in [0, 0.05) is 31.9 Å². The van der Waals surface area contributed by atoms with E-state index in [1.165, 1.54) is 32.1 Å². The summed E-state index contributed by atoms with van der Waals surface area (Å²) in [6.07, 6.45) is 9.22. The molecule has 1 amide bonds. The molecule has 5 nitrogen and oxygen atoms in total. The maximum Gasteiger partial charge on any atom is 0.253 e. The standard InChI is InChI=1S/C22H35N3O2S/c1-3-27-19-9-7-13-25(16-19)15-18-8-5-6-10-20(18)24-22(26)17-11-12-21(23-14-17)28-4-2/h11-12,14,18-20H,3-10,13,15-16H2,1-2H3,(H,24,26)/t18-,19-,20+/m1/s1. The van der Waals surface area contributed by atoms with Crippen LogP contribution in [-0.4, -0.2) is 59.9 Å². The van der Waals surface area contributed by atoms with Crippen LogP contribution in [0.15, 0.2) is 23.4 Å². The molecule has 2 fully saturated rings. The van der Waals surface area contributed by atoms with Crippen LogP contribution >= 0.6 is 11.8 Å². The van der Waals surface area contributed by atoms with Crippen LogP contribution in [0.3, 0.4) is 0 Å². The molecular weight excluding hydrogens is 370 g/mol. The minimum Gasteiger partial charge on any atom is -0.377 e. The molecule has 0 bridgehead atoms. The van der Waals surface area contributed by atoms with Gasteiger partial charge in [-0.05, 0) is 63.0 Å². The minimum absolute atomic E-state index is 0.0169. The first-order valence-electron chi connectivity index (χ1n) is 10.9. The predicted octanol–water partition coefficient (Wildman–Crippen LogP) is 3.98. The molecule has 1 N–H and O–H groups in total. The van der Waals surface area contributed by atoms with Crippen molar-refractivity contribution < 1.29 is 9.53 Å². The summed E-state index contributed by atoms with van der Waals surface area (Å²) in [6, 6.07) is 4.11. The molecule has 1 saturated carbocycles. The van der Waals surface area contributed by atoms with Gasteiger partial charge in [0.05, 0.1) is 16.7 Å². The van der Waals surface area contributed by atoms with E-state index in [9.17, 15) is 4.79 Å². The van der Waals surface area contributed by atoms with Crippen molar-refractivity contribution in [3.63, 3.8) is 0 Å². The number of pyridine rings is 1. The van der Waals surface area contributed by atoms with Crippen molar-refractivity contribution in [3.8, 4) is 0 Å². The number of carbonyl (C=O) groups excluding carboxylic acids is 1. The first-order valence-corrected chi connectivity index (χ1v) is 11.9. The van der Waals surface area contributed by atoms with Crippen molar-refractivity contribution in [2.45, 2.75) is 69.5 Å². The summed E-state index contributed by atoms with van der Waals surface area (Å²) >= 11 is 1.70. The number of thioether (sulfide) groups is 1. The normalized spacial score (nSPS) is 26.1. The van der Waals surface area contributed by atoms with Crippen molar-refractivity contribution >= 4 is 17.7 Å². The van der Waals surface area contributed by atoms with Gasteiger partial charge in [-0.3, -0.25) is 4.79 Å². The zero-order valence-electron chi connectivity index (χ0n) is 17.4. The topological polar surface area (TPSA) is 54.5 Å². The minimum atomic E-state index is 0.0169. The Morgan fingerprint density at radius 2 is 2.11 bits per heavy atom. The molecular formula is C22H35N3O2S. The highest BCUT2D eigenvalue weighted by Crippen LogP contribution is 2.27. The molecule has 0 radical (unpaired) electrons. The number of hydrogen-bond donors (Lipinski definition) is 1. The van der Waals surface area contributed by atoms with E-state index in [1.54, 1.807) is 18.0 Å². The van der Waals surface area contributed by atoms with Crippen LogP contribution in [0.5, 0.6) is 0 Å². The van der Waals surface area contributed by atoms with Crippen molar-refractivity contribution in [1.82, 2.24) is 15.2 Å². The second-order valence-corrected chi connectivity index (χ2v) is 9.21. The SMILES string of the molecule is CCO[C@@H]1CCCN(C[C@H]2CCCC[C@@H]2NC(=O)c2ccc(SCC)nc2)C1. The van der Waals surface area contributed by atoms with Crippen molar-refractivity contribution in [2.75, 3.05) is 32.0 Å². The third-order valence-electron chi connectivity index (χ3n) is 5.87. The molecule has 0 spiro atoms. The van der Waals surface area contributed by atoms with Crippen molar-refractivity contribution in [3.05, 3.63) is 23.9 Å². The lowest BCUT2D eigenvalue weighted by molar-refractivity contribution is -0.00150. The number of carbonyl (C=O) groups is 1.